The highest BCUT2D eigenvalue weighted by Gasteiger charge is 2.33. The van der Waals surface area contributed by atoms with E-state index in [2.05, 4.69) is 15.1 Å². The lowest BCUT2D eigenvalue weighted by Gasteiger charge is -2.01. The monoisotopic (exact) mass is 229 g/mol. The maximum Gasteiger partial charge on any atom is 0.435 e. The highest BCUT2D eigenvalue weighted by Crippen LogP contribution is 2.27. The van der Waals surface area contributed by atoms with E-state index in [4.69, 9.17) is 5.73 Å². The number of alkyl halides is 3. The number of hydrogen-bond donors (Lipinski definition) is 1. The van der Waals surface area contributed by atoms with Crippen molar-refractivity contribution in [2.24, 2.45) is 0 Å². The Balaban J connectivity index is 2.35. The maximum absolute atomic E-state index is 12.2. The van der Waals surface area contributed by atoms with Crippen molar-refractivity contribution in [3.8, 4) is 5.95 Å². The number of halogens is 3. The highest BCUT2D eigenvalue weighted by atomic mass is 19.4. The quantitative estimate of drug-likeness (QED) is 0.799. The van der Waals surface area contributed by atoms with E-state index in [-0.39, 0.29) is 5.95 Å². The standard InChI is InChI=1S/C8H6F3N5/c9-8(10,11)6-1-2-16(15-6)7-13-3-5(12)4-14-7/h1-4H,12H2. The van der Waals surface area contributed by atoms with E-state index < -0.39 is 11.9 Å². The van der Waals surface area contributed by atoms with Crippen molar-refractivity contribution >= 4 is 5.69 Å². The summed E-state index contributed by atoms with van der Waals surface area (Å²) in [6, 6.07) is 0.847. The molecule has 0 fully saturated rings. The summed E-state index contributed by atoms with van der Waals surface area (Å²) in [6.45, 7) is 0. The lowest BCUT2D eigenvalue weighted by Crippen LogP contribution is -2.08. The number of nitrogen functional groups attached to an aromatic ring is 1. The molecule has 0 spiro atoms. The molecule has 2 heterocycles. The molecule has 0 aliphatic rings. The molecule has 2 aromatic rings. The van der Waals surface area contributed by atoms with E-state index in [1.54, 1.807) is 0 Å². The fourth-order valence-corrected chi connectivity index (χ4v) is 1.04. The summed E-state index contributed by atoms with van der Waals surface area (Å²) in [7, 11) is 0. The SMILES string of the molecule is Nc1cnc(-n2ccc(C(F)(F)F)n2)nc1. The molecule has 0 amide bonds. The first-order valence-corrected chi connectivity index (χ1v) is 4.17. The molecule has 0 radical (unpaired) electrons. The van der Waals surface area contributed by atoms with Crippen LogP contribution in [0.1, 0.15) is 5.69 Å². The molecule has 5 nitrogen and oxygen atoms in total. The van der Waals surface area contributed by atoms with Gasteiger partial charge in [0.25, 0.3) is 5.95 Å². The number of rotatable bonds is 1. The topological polar surface area (TPSA) is 69.6 Å². The lowest BCUT2D eigenvalue weighted by molar-refractivity contribution is -0.141. The minimum absolute atomic E-state index is 0.0321. The van der Waals surface area contributed by atoms with Gasteiger partial charge in [-0.25, -0.2) is 14.6 Å². The van der Waals surface area contributed by atoms with Gasteiger partial charge < -0.3 is 5.73 Å². The molecule has 2 rings (SSSR count). The lowest BCUT2D eigenvalue weighted by atomic mass is 10.4. The third-order valence-corrected chi connectivity index (χ3v) is 1.74. The summed E-state index contributed by atoms with van der Waals surface area (Å²) < 4.78 is 37.7. The largest absolute Gasteiger partial charge is 0.435 e. The van der Waals surface area contributed by atoms with Gasteiger partial charge in [0, 0.05) is 6.20 Å². The Kier molecular flexibility index (Phi) is 2.26. The summed E-state index contributed by atoms with van der Waals surface area (Å²) >= 11 is 0. The van der Waals surface area contributed by atoms with Crippen LogP contribution in [0, 0.1) is 0 Å². The molecule has 0 saturated heterocycles. The van der Waals surface area contributed by atoms with Gasteiger partial charge in [-0.15, -0.1) is 0 Å². The van der Waals surface area contributed by atoms with Crippen LogP contribution in [0.2, 0.25) is 0 Å². The molecule has 2 N–H and O–H groups in total. The zero-order valence-electron chi connectivity index (χ0n) is 7.81. The molecule has 0 aromatic carbocycles. The highest BCUT2D eigenvalue weighted by molar-refractivity contribution is 5.32. The Morgan fingerprint density at radius 2 is 1.81 bits per heavy atom. The molecule has 0 aliphatic carbocycles. The van der Waals surface area contributed by atoms with Crippen LogP contribution in [0.5, 0.6) is 0 Å². The first-order chi connectivity index (χ1) is 7.47. The van der Waals surface area contributed by atoms with Gasteiger partial charge in [-0.3, -0.25) is 0 Å². The second-order valence-electron chi connectivity index (χ2n) is 2.96. The minimum atomic E-state index is -4.47. The van der Waals surface area contributed by atoms with Crippen molar-refractivity contribution in [1.29, 1.82) is 0 Å². The Morgan fingerprint density at radius 1 is 1.19 bits per heavy atom. The van der Waals surface area contributed by atoms with Gasteiger partial charge in [0.05, 0.1) is 18.1 Å². The molecular formula is C8H6F3N5. The molecule has 0 saturated carbocycles. The van der Waals surface area contributed by atoms with E-state index in [0.29, 0.717) is 5.69 Å². The molecule has 0 atom stereocenters. The summed E-state index contributed by atoms with van der Waals surface area (Å²) in [5.41, 5.74) is 4.68. The van der Waals surface area contributed by atoms with Crippen LogP contribution in [0.25, 0.3) is 5.95 Å². The number of anilines is 1. The molecule has 0 unspecified atom stereocenters. The second-order valence-corrected chi connectivity index (χ2v) is 2.96. The minimum Gasteiger partial charge on any atom is -0.396 e. The van der Waals surface area contributed by atoms with E-state index >= 15 is 0 Å². The number of aromatic nitrogens is 4. The molecule has 16 heavy (non-hydrogen) atoms. The molecule has 8 heteroatoms. The number of nitrogens with zero attached hydrogens (tertiary/aromatic N) is 4. The second kappa shape index (κ2) is 3.47. The van der Waals surface area contributed by atoms with E-state index in [9.17, 15) is 13.2 Å². The van der Waals surface area contributed by atoms with Gasteiger partial charge in [0.1, 0.15) is 0 Å². The van der Waals surface area contributed by atoms with Crippen molar-refractivity contribution in [3.63, 3.8) is 0 Å². The Morgan fingerprint density at radius 3 is 2.31 bits per heavy atom. The van der Waals surface area contributed by atoms with Crippen LogP contribution < -0.4 is 5.73 Å². The maximum atomic E-state index is 12.2. The van der Waals surface area contributed by atoms with Gasteiger partial charge in [0.15, 0.2) is 5.69 Å². The first kappa shape index (κ1) is 10.4. The van der Waals surface area contributed by atoms with Crippen molar-refractivity contribution in [2.45, 2.75) is 6.18 Å². The first-order valence-electron chi connectivity index (χ1n) is 4.17. The van der Waals surface area contributed by atoms with Gasteiger partial charge in [-0.05, 0) is 6.07 Å². The predicted octanol–water partition coefficient (Wildman–Crippen LogP) is 1.26. The normalized spacial score (nSPS) is 11.7. The fraction of sp³-hybridized carbons (Fsp3) is 0.125. The average molecular weight is 229 g/mol. The van der Waals surface area contributed by atoms with Crippen LogP contribution in [0.4, 0.5) is 18.9 Å². The smallest absolute Gasteiger partial charge is 0.396 e. The Hall–Kier alpha value is -2.12. The zero-order chi connectivity index (χ0) is 11.8. The van der Waals surface area contributed by atoms with Gasteiger partial charge in [-0.2, -0.15) is 18.3 Å². The van der Waals surface area contributed by atoms with Gasteiger partial charge >= 0.3 is 6.18 Å². The third-order valence-electron chi connectivity index (χ3n) is 1.74. The van der Waals surface area contributed by atoms with Crippen LogP contribution >= 0.6 is 0 Å². The van der Waals surface area contributed by atoms with Crippen molar-refractivity contribution in [2.75, 3.05) is 5.73 Å². The van der Waals surface area contributed by atoms with E-state index in [1.165, 1.54) is 12.4 Å². The van der Waals surface area contributed by atoms with Crippen molar-refractivity contribution in [1.82, 2.24) is 19.7 Å². The molecular weight excluding hydrogens is 223 g/mol. The average Bonchev–Trinajstić information content (AvgIpc) is 2.67. The number of nitrogens with two attached hydrogens (primary N) is 1. The predicted molar refractivity (Wildman–Crippen MR) is 48.6 cm³/mol. The van der Waals surface area contributed by atoms with Crippen LogP contribution in [-0.2, 0) is 6.18 Å². The zero-order valence-corrected chi connectivity index (χ0v) is 7.81. The van der Waals surface area contributed by atoms with Crippen LogP contribution in [0.3, 0.4) is 0 Å². The molecule has 84 valence electrons. The summed E-state index contributed by atoms with van der Waals surface area (Å²) in [5.74, 6) is 0.0321. The third kappa shape index (κ3) is 1.95. The van der Waals surface area contributed by atoms with Crippen LogP contribution in [-0.4, -0.2) is 19.7 Å². The van der Waals surface area contributed by atoms with Crippen molar-refractivity contribution in [3.05, 3.63) is 30.4 Å². The molecule has 0 bridgehead atoms. The van der Waals surface area contributed by atoms with Crippen molar-refractivity contribution < 1.29 is 13.2 Å². The van der Waals surface area contributed by atoms with Gasteiger partial charge in [0.2, 0.25) is 0 Å². The molecule has 0 aliphatic heterocycles. The van der Waals surface area contributed by atoms with E-state index in [1.807, 2.05) is 0 Å². The fourth-order valence-electron chi connectivity index (χ4n) is 1.04. The summed E-state index contributed by atoms with van der Waals surface area (Å²) in [6.07, 6.45) is -0.762. The van der Waals surface area contributed by atoms with Crippen LogP contribution in [0.15, 0.2) is 24.7 Å². The summed E-state index contributed by atoms with van der Waals surface area (Å²) in [5, 5.41) is 3.31. The Labute approximate surface area is 87.7 Å². The Bertz CT molecular complexity index is 487. The molecule has 2 aromatic heterocycles. The summed E-state index contributed by atoms with van der Waals surface area (Å²) in [4.78, 5) is 7.48. The van der Waals surface area contributed by atoms with E-state index in [0.717, 1.165) is 16.9 Å². The number of hydrogen-bond acceptors (Lipinski definition) is 4. The van der Waals surface area contributed by atoms with Gasteiger partial charge in [-0.1, -0.05) is 0 Å².